The van der Waals surface area contributed by atoms with E-state index in [2.05, 4.69) is 57.3 Å². The van der Waals surface area contributed by atoms with Crippen LogP contribution in [0.4, 0.5) is 5.69 Å². The molecule has 15 heavy (non-hydrogen) atoms. The summed E-state index contributed by atoms with van der Waals surface area (Å²) in [7, 11) is 1.92. The van der Waals surface area contributed by atoms with Crippen molar-refractivity contribution < 1.29 is 0 Å². The van der Waals surface area contributed by atoms with Crippen LogP contribution in [-0.2, 0) is 13.6 Å². The smallest absolute Gasteiger partial charge is 0.0539 e. The molecule has 0 saturated heterocycles. The van der Waals surface area contributed by atoms with Gasteiger partial charge >= 0.3 is 0 Å². The number of aromatic nitrogens is 2. The van der Waals surface area contributed by atoms with Gasteiger partial charge in [0.2, 0.25) is 0 Å². The molecule has 2 rings (SSSR count). The fourth-order valence-electron chi connectivity index (χ4n) is 1.34. The molecule has 1 N–H and O–H groups in total. The lowest BCUT2D eigenvalue weighted by Gasteiger charge is -2.04. The first-order valence-corrected chi connectivity index (χ1v) is 5.79. The molecule has 0 spiro atoms. The van der Waals surface area contributed by atoms with Crippen LogP contribution in [0.15, 0.2) is 36.7 Å². The van der Waals surface area contributed by atoms with E-state index >= 15 is 0 Å². The maximum atomic E-state index is 4.12. The Bertz CT molecular complexity index is 433. The van der Waals surface area contributed by atoms with Gasteiger partial charge in [-0.05, 0) is 46.9 Å². The molecule has 0 fully saturated rings. The zero-order valence-corrected chi connectivity index (χ0v) is 10.6. The van der Waals surface area contributed by atoms with E-state index in [0.29, 0.717) is 0 Å². The minimum atomic E-state index is 0.814. The molecule has 1 heterocycles. The number of anilines is 1. The summed E-state index contributed by atoms with van der Waals surface area (Å²) in [6.07, 6.45) is 3.89. The standard InChI is InChI=1S/C11H12IN3/c1-15-8-9(7-14-15)6-13-11-4-2-10(12)3-5-11/h2-5,7-8,13H,6H2,1H3. The average molecular weight is 313 g/mol. The van der Waals surface area contributed by atoms with Crippen molar-refractivity contribution >= 4 is 28.3 Å². The van der Waals surface area contributed by atoms with Crippen molar-refractivity contribution in [1.82, 2.24) is 9.78 Å². The average Bonchev–Trinajstić information content (AvgIpc) is 2.64. The normalized spacial score (nSPS) is 10.3. The lowest BCUT2D eigenvalue weighted by molar-refractivity contribution is 0.767. The van der Waals surface area contributed by atoms with Crippen molar-refractivity contribution in [3.8, 4) is 0 Å². The predicted molar refractivity (Wildman–Crippen MR) is 69.7 cm³/mol. The molecular weight excluding hydrogens is 301 g/mol. The third kappa shape index (κ3) is 2.95. The van der Waals surface area contributed by atoms with Gasteiger partial charge in [-0.25, -0.2) is 0 Å². The van der Waals surface area contributed by atoms with E-state index in [-0.39, 0.29) is 0 Å². The number of halogens is 1. The number of nitrogens with zero attached hydrogens (tertiary/aromatic N) is 2. The molecule has 0 atom stereocenters. The lowest BCUT2D eigenvalue weighted by Crippen LogP contribution is -1.98. The molecule has 0 bridgehead atoms. The zero-order valence-electron chi connectivity index (χ0n) is 8.44. The van der Waals surface area contributed by atoms with Gasteiger partial charge in [0.05, 0.1) is 6.20 Å². The van der Waals surface area contributed by atoms with Crippen LogP contribution in [0.2, 0.25) is 0 Å². The van der Waals surface area contributed by atoms with Crippen molar-refractivity contribution in [2.24, 2.45) is 7.05 Å². The molecule has 0 amide bonds. The molecular formula is C11H12IN3. The second-order valence-corrected chi connectivity index (χ2v) is 4.63. The molecule has 0 aliphatic rings. The summed E-state index contributed by atoms with van der Waals surface area (Å²) in [6.45, 7) is 0.814. The Hall–Kier alpha value is -1.04. The molecule has 0 aliphatic carbocycles. The largest absolute Gasteiger partial charge is 0.381 e. The van der Waals surface area contributed by atoms with Gasteiger partial charge in [0.25, 0.3) is 0 Å². The second kappa shape index (κ2) is 4.65. The zero-order chi connectivity index (χ0) is 10.7. The number of hydrogen-bond acceptors (Lipinski definition) is 2. The fraction of sp³-hybridized carbons (Fsp3) is 0.182. The van der Waals surface area contributed by atoms with Gasteiger partial charge in [0.15, 0.2) is 0 Å². The summed E-state index contributed by atoms with van der Waals surface area (Å²) in [5.41, 5.74) is 2.33. The van der Waals surface area contributed by atoms with Gasteiger partial charge in [-0.15, -0.1) is 0 Å². The van der Waals surface area contributed by atoms with Crippen LogP contribution in [0, 0.1) is 3.57 Å². The minimum Gasteiger partial charge on any atom is -0.381 e. The first-order chi connectivity index (χ1) is 7.24. The second-order valence-electron chi connectivity index (χ2n) is 3.38. The third-order valence-corrected chi connectivity index (χ3v) is 2.82. The number of hydrogen-bond donors (Lipinski definition) is 1. The van der Waals surface area contributed by atoms with Gasteiger partial charge in [-0.3, -0.25) is 4.68 Å². The summed E-state index contributed by atoms with van der Waals surface area (Å²) in [5, 5.41) is 7.46. The van der Waals surface area contributed by atoms with Crippen LogP contribution in [-0.4, -0.2) is 9.78 Å². The molecule has 0 aliphatic heterocycles. The van der Waals surface area contributed by atoms with E-state index in [1.54, 1.807) is 0 Å². The Morgan fingerprint density at radius 1 is 1.33 bits per heavy atom. The number of aryl methyl sites for hydroxylation is 1. The molecule has 2 aromatic rings. The van der Waals surface area contributed by atoms with E-state index in [9.17, 15) is 0 Å². The van der Waals surface area contributed by atoms with E-state index in [0.717, 1.165) is 12.2 Å². The Balaban J connectivity index is 1.96. The van der Waals surface area contributed by atoms with Gasteiger partial charge in [0.1, 0.15) is 0 Å². The molecule has 0 unspecified atom stereocenters. The van der Waals surface area contributed by atoms with Gasteiger partial charge in [-0.1, -0.05) is 0 Å². The van der Waals surface area contributed by atoms with Crippen LogP contribution in [0.5, 0.6) is 0 Å². The van der Waals surface area contributed by atoms with Crippen LogP contribution >= 0.6 is 22.6 Å². The highest BCUT2D eigenvalue weighted by molar-refractivity contribution is 14.1. The van der Waals surface area contributed by atoms with Gasteiger partial charge in [0, 0.05) is 34.6 Å². The predicted octanol–water partition coefficient (Wildman–Crippen LogP) is 2.64. The topological polar surface area (TPSA) is 29.9 Å². The molecule has 0 saturated carbocycles. The van der Waals surface area contributed by atoms with Crippen molar-refractivity contribution in [2.45, 2.75) is 6.54 Å². The molecule has 1 aromatic heterocycles. The number of benzene rings is 1. The molecule has 4 heteroatoms. The SMILES string of the molecule is Cn1cc(CNc2ccc(I)cc2)cn1. The summed E-state index contributed by atoms with van der Waals surface area (Å²) in [5.74, 6) is 0. The van der Waals surface area contributed by atoms with Crippen LogP contribution in [0.25, 0.3) is 0 Å². The third-order valence-electron chi connectivity index (χ3n) is 2.10. The maximum Gasteiger partial charge on any atom is 0.0539 e. The monoisotopic (exact) mass is 313 g/mol. The van der Waals surface area contributed by atoms with Crippen LogP contribution in [0.3, 0.4) is 0 Å². The van der Waals surface area contributed by atoms with E-state index in [1.807, 2.05) is 24.1 Å². The van der Waals surface area contributed by atoms with Crippen LogP contribution < -0.4 is 5.32 Å². The van der Waals surface area contributed by atoms with E-state index in [4.69, 9.17) is 0 Å². The van der Waals surface area contributed by atoms with E-state index < -0.39 is 0 Å². The Morgan fingerprint density at radius 3 is 2.67 bits per heavy atom. The molecule has 3 nitrogen and oxygen atoms in total. The summed E-state index contributed by atoms with van der Waals surface area (Å²) < 4.78 is 3.06. The first-order valence-electron chi connectivity index (χ1n) is 4.71. The van der Waals surface area contributed by atoms with Crippen molar-refractivity contribution in [2.75, 3.05) is 5.32 Å². The Labute approximate surface area is 103 Å². The highest BCUT2D eigenvalue weighted by Gasteiger charge is 1.96. The number of rotatable bonds is 3. The van der Waals surface area contributed by atoms with Crippen molar-refractivity contribution in [1.29, 1.82) is 0 Å². The van der Waals surface area contributed by atoms with Gasteiger partial charge in [-0.2, -0.15) is 5.10 Å². The first kappa shape index (κ1) is 10.5. The summed E-state index contributed by atoms with van der Waals surface area (Å²) >= 11 is 2.30. The van der Waals surface area contributed by atoms with Crippen molar-refractivity contribution in [3.63, 3.8) is 0 Å². The number of nitrogens with one attached hydrogen (secondary N) is 1. The van der Waals surface area contributed by atoms with Crippen LogP contribution in [0.1, 0.15) is 5.56 Å². The summed E-state index contributed by atoms with van der Waals surface area (Å²) in [6, 6.07) is 8.34. The highest BCUT2D eigenvalue weighted by Crippen LogP contribution is 2.12. The molecule has 78 valence electrons. The van der Waals surface area contributed by atoms with Gasteiger partial charge < -0.3 is 5.32 Å². The Kier molecular flexibility index (Phi) is 3.25. The molecule has 1 aromatic carbocycles. The summed E-state index contributed by atoms with van der Waals surface area (Å²) in [4.78, 5) is 0. The Morgan fingerprint density at radius 2 is 2.07 bits per heavy atom. The van der Waals surface area contributed by atoms with E-state index in [1.165, 1.54) is 9.13 Å². The lowest BCUT2D eigenvalue weighted by atomic mass is 10.3. The highest BCUT2D eigenvalue weighted by atomic mass is 127. The molecule has 0 radical (unpaired) electrons. The van der Waals surface area contributed by atoms with Crippen molar-refractivity contribution in [3.05, 3.63) is 45.8 Å². The quantitative estimate of drug-likeness (QED) is 0.883. The minimum absolute atomic E-state index is 0.814. The maximum absolute atomic E-state index is 4.12. The fourth-order valence-corrected chi connectivity index (χ4v) is 1.69.